The number of nitrogens with zero attached hydrogens (tertiary/aromatic N) is 6. The molecular formula is C38H50N20O13. The molecular weight excluding hydrogens is 945 g/mol. The Hall–Kier alpha value is -10.2. The molecule has 0 aliphatic rings. The second-order valence-electron chi connectivity index (χ2n) is 14.1. The number of amides is 6. The van der Waals surface area contributed by atoms with Gasteiger partial charge in [-0.05, 0) is 23.8 Å². The van der Waals surface area contributed by atoms with Gasteiger partial charge in [-0.1, -0.05) is 30.3 Å². The topological polar surface area (TPSA) is 569 Å². The largest absolute Gasteiger partial charge is 0.497 e. The number of nitrogens with one attached hydrogen (secondary N) is 5. The summed E-state index contributed by atoms with van der Waals surface area (Å²) in [6.45, 7) is -0.511. The van der Waals surface area contributed by atoms with E-state index in [-0.39, 0.29) is 16.9 Å². The number of carbonyl (C=O) groups excluding carboxylic acids is 6. The van der Waals surface area contributed by atoms with E-state index in [1.165, 1.54) is 62.8 Å². The first kappa shape index (κ1) is 55.1. The second-order valence-corrected chi connectivity index (χ2v) is 14.1. The van der Waals surface area contributed by atoms with Crippen molar-refractivity contribution in [3.8, 4) is 11.5 Å². The zero-order valence-corrected chi connectivity index (χ0v) is 37.3. The molecule has 3 rings (SSSR count). The number of methoxy groups -OCH3 is 2. The van der Waals surface area contributed by atoms with Crippen molar-refractivity contribution in [3.05, 3.63) is 93.5 Å². The molecule has 6 amide bonds. The number of ether oxygens (including phenoxy) is 2. The van der Waals surface area contributed by atoms with E-state index < -0.39 is 131 Å². The normalized spacial score (nSPS) is 12.9. The van der Waals surface area contributed by atoms with Gasteiger partial charge in [0.05, 0.1) is 30.4 Å². The van der Waals surface area contributed by atoms with Crippen molar-refractivity contribution >= 4 is 76.6 Å². The van der Waals surface area contributed by atoms with Crippen molar-refractivity contribution in [2.45, 2.75) is 43.5 Å². The molecule has 0 aromatic heterocycles. The number of aliphatic hydroxyl groups is 1. The Balaban J connectivity index is 2.05. The number of hydrogen-bond acceptors (Lipinski definition) is 17. The molecule has 0 radical (unpaired) electrons. The number of non-ortho nitro benzene ring substituents is 1. The van der Waals surface area contributed by atoms with E-state index in [1.54, 1.807) is 0 Å². The van der Waals surface area contributed by atoms with Gasteiger partial charge >= 0.3 is 5.97 Å². The van der Waals surface area contributed by atoms with Crippen molar-refractivity contribution in [2.24, 2.45) is 71.6 Å². The third-order valence-electron chi connectivity index (χ3n) is 9.02. The standard InChI is InChI=1S/C38H50N20O13/c1-70-18-10-8-16(21(13-18)71-2)14-57(20-11-9-17(58(68)69)12-19(20)34(66)67)33(65)32(64)48-22(15-6-4-3-5-7-15)28(60)50-25(54-36(42)43)30(62)52-27(56-38(46)47)31(63)51-26(55-37(44)45)29(61)49-24(23(39)59)53-35(40)41/h3-13,22,24-27,33,65H,14H2,1-2H3,(H2,39,59)(H,48,64)(H,49,61)(H,50,60)(H,51,63)(H,52,62)(H,66,67)(H4,40,41,53)(H4,42,43,54)(H4,44,45,55)(H4,46,47,56). The lowest BCUT2D eigenvalue weighted by Gasteiger charge is -2.32. The molecule has 0 bridgehead atoms. The molecule has 33 heteroatoms. The molecule has 0 saturated carbocycles. The maximum Gasteiger partial charge on any atom is 0.338 e. The van der Waals surface area contributed by atoms with Crippen LogP contribution in [0.5, 0.6) is 11.5 Å². The van der Waals surface area contributed by atoms with Gasteiger partial charge in [0.15, 0.2) is 23.8 Å². The van der Waals surface area contributed by atoms with Crippen molar-refractivity contribution < 1.29 is 58.2 Å². The Bertz CT molecular complexity index is 2610. The Morgan fingerprint density at radius 1 is 0.634 bits per heavy atom. The van der Waals surface area contributed by atoms with E-state index in [4.69, 9.17) is 61.1 Å². The predicted molar refractivity (Wildman–Crippen MR) is 249 cm³/mol. The lowest BCUT2D eigenvalue weighted by molar-refractivity contribution is -0.384. The van der Waals surface area contributed by atoms with E-state index in [2.05, 4.69) is 30.6 Å². The van der Waals surface area contributed by atoms with Gasteiger partial charge < -0.3 is 103 Å². The van der Waals surface area contributed by atoms with E-state index >= 15 is 0 Å². The summed E-state index contributed by atoms with van der Waals surface area (Å²) >= 11 is 0. The van der Waals surface area contributed by atoms with Crippen LogP contribution >= 0.6 is 0 Å². The number of aliphatic hydroxyl groups excluding tert-OH is 1. The first-order valence-electron chi connectivity index (χ1n) is 19.8. The number of carboxylic acid groups (broad SMARTS) is 1. The number of nitrogens with two attached hydrogens (primary N) is 9. The van der Waals surface area contributed by atoms with Crippen molar-refractivity contribution in [2.75, 3.05) is 19.1 Å². The number of aromatic carboxylic acids is 1. The third-order valence-corrected chi connectivity index (χ3v) is 9.02. The summed E-state index contributed by atoms with van der Waals surface area (Å²) in [6, 6.07) is 12.3. The molecule has 0 aliphatic heterocycles. The van der Waals surface area contributed by atoms with Gasteiger partial charge in [0.2, 0.25) is 36.8 Å². The van der Waals surface area contributed by atoms with Gasteiger partial charge in [-0.2, -0.15) is 0 Å². The van der Waals surface area contributed by atoms with E-state index in [0.717, 1.165) is 17.0 Å². The average molecular weight is 995 g/mol. The minimum atomic E-state index is -2.41. The molecule has 0 saturated heterocycles. The van der Waals surface area contributed by atoms with Crippen LogP contribution in [-0.2, 0) is 35.3 Å². The molecule has 0 fully saturated rings. The van der Waals surface area contributed by atoms with Crippen LogP contribution in [-0.4, -0.2) is 125 Å². The fourth-order valence-electron chi connectivity index (χ4n) is 5.92. The van der Waals surface area contributed by atoms with Crippen molar-refractivity contribution in [3.63, 3.8) is 0 Å². The number of anilines is 1. The number of rotatable bonds is 24. The summed E-state index contributed by atoms with van der Waals surface area (Å²) in [5.74, 6) is -12.5. The molecule has 0 heterocycles. The molecule has 3 aromatic carbocycles. The van der Waals surface area contributed by atoms with Crippen LogP contribution in [0.4, 0.5) is 11.4 Å². The fraction of sp³-hybridized carbons (Fsp3) is 0.237. The summed E-state index contributed by atoms with van der Waals surface area (Å²) in [6.07, 6.45) is -10.9. The number of nitro benzene ring substituents is 1. The fourth-order valence-corrected chi connectivity index (χ4v) is 5.92. The minimum Gasteiger partial charge on any atom is -0.497 e. The molecule has 6 unspecified atom stereocenters. The Morgan fingerprint density at radius 3 is 1.55 bits per heavy atom. The van der Waals surface area contributed by atoms with Crippen LogP contribution in [0.15, 0.2) is 86.7 Å². The summed E-state index contributed by atoms with van der Waals surface area (Å²) in [5, 5.41) is 44.0. The van der Waals surface area contributed by atoms with E-state index in [1.807, 2.05) is 16.0 Å². The number of carboxylic acids is 1. The monoisotopic (exact) mass is 994 g/mol. The number of benzene rings is 3. The lowest BCUT2D eigenvalue weighted by atomic mass is 10.1. The summed E-state index contributed by atoms with van der Waals surface area (Å²) in [5.41, 5.74) is 47.2. The number of nitro groups is 1. The molecule has 71 heavy (non-hydrogen) atoms. The molecule has 33 nitrogen and oxygen atoms in total. The highest BCUT2D eigenvalue weighted by Crippen LogP contribution is 2.32. The molecule has 0 aliphatic carbocycles. The number of hydrogen-bond donors (Lipinski definition) is 16. The van der Waals surface area contributed by atoms with Crippen LogP contribution in [0.3, 0.4) is 0 Å². The molecule has 0 spiro atoms. The maximum atomic E-state index is 14.2. The molecule has 3 aromatic rings. The summed E-state index contributed by atoms with van der Waals surface area (Å²) < 4.78 is 10.7. The number of guanidine groups is 4. The lowest BCUT2D eigenvalue weighted by Crippen LogP contribution is -2.58. The molecule has 380 valence electrons. The summed E-state index contributed by atoms with van der Waals surface area (Å²) in [4.78, 5) is 119. The van der Waals surface area contributed by atoms with E-state index in [0.29, 0.717) is 11.8 Å². The van der Waals surface area contributed by atoms with Crippen molar-refractivity contribution in [1.82, 2.24) is 26.6 Å². The van der Waals surface area contributed by atoms with Crippen molar-refractivity contribution in [1.29, 1.82) is 0 Å². The van der Waals surface area contributed by atoms with Crippen LogP contribution in [0.25, 0.3) is 0 Å². The minimum absolute atomic E-state index is 0.000401. The zero-order valence-electron chi connectivity index (χ0n) is 37.3. The highest BCUT2D eigenvalue weighted by atomic mass is 16.6. The number of aliphatic imine (C=N–C) groups is 4. The van der Waals surface area contributed by atoms with Crippen LogP contribution in [0, 0.1) is 10.1 Å². The zero-order chi connectivity index (χ0) is 53.3. The average Bonchev–Trinajstić information content (AvgIpc) is 3.30. The Labute approximate surface area is 400 Å². The smallest absolute Gasteiger partial charge is 0.338 e. The number of carbonyl (C=O) groups is 7. The van der Waals surface area contributed by atoms with Gasteiger partial charge in [0.1, 0.15) is 17.5 Å². The van der Waals surface area contributed by atoms with E-state index in [9.17, 15) is 53.9 Å². The van der Waals surface area contributed by atoms with Crippen LogP contribution in [0.2, 0.25) is 0 Å². The Morgan fingerprint density at radius 2 is 1.11 bits per heavy atom. The van der Waals surface area contributed by atoms with Gasteiger partial charge in [-0.25, -0.2) is 24.8 Å². The van der Waals surface area contributed by atoms with Gasteiger partial charge in [0, 0.05) is 30.3 Å². The Kier molecular flexibility index (Phi) is 19.5. The number of primary amides is 1. The van der Waals surface area contributed by atoms with Gasteiger partial charge in [-0.3, -0.25) is 38.9 Å². The highest BCUT2D eigenvalue weighted by Gasteiger charge is 2.36. The summed E-state index contributed by atoms with van der Waals surface area (Å²) in [7, 11) is 2.67. The van der Waals surface area contributed by atoms with Crippen LogP contribution in [0.1, 0.15) is 27.5 Å². The third kappa shape index (κ3) is 16.0. The molecule has 6 atom stereocenters. The first-order valence-corrected chi connectivity index (χ1v) is 19.8. The van der Waals surface area contributed by atoms with Crippen LogP contribution < -0.4 is 92.6 Å². The maximum absolute atomic E-state index is 14.2. The molecule has 25 N–H and O–H groups in total. The van der Waals surface area contributed by atoms with Gasteiger partial charge in [0.25, 0.3) is 35.2 Å². The SMILES string of the molecule is COc1ccc(CN(c2ccc([N+](=O)[O-])cc2C(=O)O)C(O)C(=O)NC(C(=O)NC(N=C(N)N)C(=O)NC(N=C(N)N)C(=O)NC(N=C(N)N)C(=O)NC(N=C(N)N)C(N)=O)c2ccccc2)c(OC)c1. The highest BCUT2D eigenvalue weighted by molar-refractivity contribution is 6.00. The predicted octanol–water partition coefficient (Wildman–Crippen LogP) is -7.16. The van der Waals surface area contributed by atoms with Gasteiger partial charge in [-0.15, -0.1) is 0 Å². The quantitative estimate of drug-likeness (QED) is 0.0130. The first-order chi connectivity index (χ1) is 33.4. The second kappa shape index (κ2) is 25.1.